The normalized spacial score (nSPS) is 29.6. The van der Waals surface area contributed by atoms with E-state index in [1.54, 1.807) is 6.07 Å². The molecule has 0 radical (unpaired) electrons. The molecule has 1 saturated carbocycles. The van der Waals surface area contributed by atoms with Gasteiger partial charge in [0.05, 0.1) is 11.3 Å². The van der Waals surface area contributed by atoms with Crippen molar-refractivity contribution >= 4 is 0 Å². The number of H-pyrrole nitrogens is 1. The average Bonchev–Trinajstić information content (AvgIpc) is 3.10. The Morgan fingerprint density at radius 3 is 2.46 bits per heavy atom. The number of likely N-dealkylation sites (tertiary alicyclic amines) is 1. The standard InChI is InChI=1S/C20H25N3O3/c24-18(17-6-7-19(25)22-21-17)13-23-11-15-9-20(26,10-16(15)12-23)8-14-4-2-1-3-5-14/h1-7,15-16,18,24,26H,8-13H2,(H,22,25)/t15-,16+,18?,20+. The van der Waals surface area contributed by atoms with Crippen LogP contribution in [-0.4, -0.2) is 50.5 Å². The molecule has 4 rings (SSSR count). The number of nitrogens with zero attached hydrogens (tertiary/aromatic N) is 2. The molecule has 6 heteroatoms. The van der Waals surface area contributed by atoms with E-state index >= 15 is 0 Å². The molecule has 1 aromatic heterocycles. The third-order valence-electron chi connectivity index (χ3n) is 5.79. The predicted molar refractivity (Wildman–Crippen MR) is 97.6 cm³/mol. The van der Waals surface area contributed by atoms with Gasteiger partial charge >= 0.3 is 0 Å². The van der Waals surface area contributed by atoms with Gasteiger partial charge in [-0.15, -0.1) is 0 Å². The Labute approximate surface area is 152 Å². The number of β-amino-alcohol motifs (C(OH)–C–C–N with tert-alkyl or cyclic N) is 1. The lowest BCUT2D eigenvalue weighted by Gasteiger charge is -2.26. The van der Waals surface area contributed by atoms with Crippen LogP contribution in [0.25, 0.3) is 0 Å². The Morgan fingerprint density at radius 1 is 1.15 bits per heavy atom. The molecule has 1 unspecified atom stereocenters. The highest BCUT2D eigenvalue weighted by Crippen LogP contribution is 2.45. The molecule has 0 bridgehead atoms. The number of aromatic nitrogens is 2. The highest BCUT2D eigenvalue weighted by molar-refractivity contribution is 5.18. The molecule has 2 aliphatic rings. The Morgan fingerprint density at radius 2 is 1.85 bits per heavy atom. The summed E-state index contributed by atoms with van der Waals surface area (Å²) in [6.45, 7) is 2.29. The predicted octanol–water partition coefficient (Wildman–Crippen LogP) is 1.12. The molecule has 4 atom stereocenters. The molecule has 2 aromatic rings. The second kappa shape index (κ2) is 6.95. The van der Waals surface area contributed by atoms with E-state index in [4.69, 9.17) is 0 Å². The fourth-order valence-corrected chi connectivity index (χ4v) is 4.71. The number of rotatable bonds is 5. The van der Waals surface area contributed by atoms with Crippen molar-refractivity contribution in [1.82, 2.24) is 15.1 Å². The van der Waals surface area contributed by atoms with E-state index in [-0.39, 0.29) is 5.56 Å². The number of hydrogen-bond donors (Lipinski definition) is 3. The highest BCUT2D eigenvalue weighted by atomic mass is 16.3. The van der Waals surface area contributed by atoms with E-state index in [1.807, 2.05) is 18.2 Å². The number of aromatic amines is 1. The number of hydrogen-bond acceptors (Lipinski definition) is 5. The lowest BCUT2D eigenvalue weighted by molar-refractivity contribution is 0.0326. The molecular formula is C20H25N3O3. The highest BCUT2D eigenvalue weighted by Gasteiger charge is 2.48. The number of nitrogens with one attached hydrogen (secondary N) is 1. The first-order chi connectivity index (χ1) is 12.5. The third-order valence-corrected chi connectivity index (χ3v) is 5.79. The maximum Gasteiger partial charge on any atom is 0.264 e. The Bertz CT molecular complexity index is 773. The van der Waals surface area contributed by atoms with E-state index in [9.17, 15) is 15.0 Å². The van der Waals surface area contributed by atoms with Crippen LogP contribution in [0.4, 0.5) is 0 Å². The summed E-state index contributed by atoms with van der Waals surface area (Å²) in [5.74, 6) is 0.943. The second-order valence-corrected chi connectivity index (χ2v) is 7.90. The van der Waals surface area contributed by atoms with Gasteiger partial charge in [0, 0.05) is 32.1 Å². The molecule has 2 heterocycles. The minimum Gasteiger partial charge on any atom is -0.390 e. The Kier molecular flexibility index (Phi) is 4.65. The first-order valence-electron chi connectivity index (χ1n) is 9.23. The average molecular weight is 355 g/mol. The van der Waals surface area contributed by atoms with E-state index in [0.717, 1.165) is 25.9 Å². The van der Waals surface area contributed by atoms with Gasteiger partial charge in [-0.1, -0.05) is 30.3 Å². The van der Waals surface area contributed by atoms with E-state index < -0.39 is 11.7 Å². The summed E-state index contributed by atoms with van der Waals surface area (Å²) in [6, 6.07) is 13.1. The second-order valence-electron chi connectivity index (χ2n) is 7.90. The maximum atomic E-state index is 11.1. The van der Waals surface area contributed by atoms with E-state index in [0.29, 0.717) is 30.5 Å². The minimum absolute atomic E-state index is 0.269. The van der Waals surface area contributed by atoms with Crippen LogP contribution in [0.2, 0.25) is 0 Å². The van der Waals surface area contributed by atoms with Crippen molar-refractivity contribution in [2.45, 2.75) is 31.0 Å². The summed E-state index contributed by atoms with van der Waals surface area (Å²) in [5, 5.41) is 27.6. The number of fused-ring (bicyclic) bond motifs is 1. The lowest BCUT2D eigenvalue weighted by atomic mass is 9.91. The molecule has 1 aliphatic heterocycles. The van der Waals surface area contributed by atoms with Gasteiger partial charge in [-0.05, 0) is 36.3 Å². The lowest BCUT2D eigenvalue weighted by Crippen LogP contribution is -2.33. The van der Waals surface area contributed by atoms with Crippen LogP contribution < -0.4 is 5.56 Å². The summed E-state index contributed by atoms with van der Waals surface area (Å²) in [7, 11) is 0. The molecule has 6 nitrogen and oxygen atoms in total. The first-order valence-corrected chi connectivity index (χ1v) is 9.23. The van der Waals surface area contributed by atoms with Gasteiger partial charge in [0.1, 0.15) is 6.10 Å². The summed E-state index contributed by atoms with van der Waals surface area (Å²) in [5.41, 5.74) is 0.796. The number of benzene rings is 1. The number of aliphatic hydroxyl groups excluding tert-OH is 1. The molecule has 1 aliphatic carbocycles. The first kappa shape index (κ1) is 17.4. The molecular weight excluding hydrogens is 330 g/mol. The summed E-state index contributed by atoms with van der Waals surface area (Å²) in [6.07, 6.45) is 1.63. The summed E-state index contributed by atoms with van der Waals surface area (Å²) in [4.78, 5) is 13.3. The molecule has 26 heavy (non-hydrogen) atoms. The molecule has 138 valence electrons. The van der Waals surface area contributed by atoms with Crippen molar-refractivity contribution in [2.24, 2.45) is 11.8 Å². The zero-order valence-electron chi connectivity index (χ0n) is 14.7. The van der Waals surface area contributed by atoms with Crippen molar-refractivity contribution in [1.29, 1.82) is 0 Å². The van der Waals surface area contributed by atoms with Crippen LogP contribution in [0.15, 0.2) is 47.3 Å². The van der Waals surface area contributed by atoms with Crippen LogP contribution in [0, 0.1) is 11.8 Å². The molecule has 3 N–H and O–H groups in total. The van der Waals surface area contributed by atoms with Gasteiger partial charge in [-0.3, -0.25) is 9.69 Å². The topological polar surface area (TPSA) is 89.4 Å². The quantitative estimate of drug-likeness (QED) is 0.748. The van der Waals surface area contributed by atoms with E-state index in [1.165, 1.54) is 11.6 Å². The van der Waals surface area contributed by atoms with Gasteiger partial charge < -0.3 is 10.2 Å². The van der Waals surface area contributed by atoms with Gasteiger partial charge in [-0.2, -0.15) is 5.10 Å². The van der Waals surface area contributed by atoms with Gasteiger partial charge in [-0.25, -0.2) is 5.10 Å². The number of aliphatic hydroxyl groups is 2. The van der Waals surface area contributed by atoms with Crippen molar-refractivity contribution in [3.8, 4) is 0 Å². The smallest absolute Gasteiger partial charge is 0.264 e. The Hall–Kier alpha value is -2.02. The molecule has 1 saturated heterocycles. The van der Waals surface area contributed by atoms with E-state index in [2.05, 4.69) is 27.2 Å². The fraction of sp³-hybridized carbons (Fsp3) is 0.500. The third kappa shape index (κ3) is 3.72. The molecule has 0 spiro atoms. The van der Waals surface area contributed by atoms with Crippen molar-refractivity contribution in [3.05, 3.63) is 64.1 Å². The zero-order chi connectivity index (χ0) is 18.1. The fourth-order valence-electron chi connectivity index (χ4n) is 4.71. The van der Waals surface area contributed by atoms with Crippen molar-refractivity contribution < 1.29 is 10.2 Å². The van der Waals surface area contributed by atoms with Crippen LogP contribution in [0.5, 0.6) is 0 Å². The molecule has 2 fully saturated rings. The molecule has 1 aromatic carbocycles. The van der Waals surface area contributed by atoms with Gasteiger partial charge in [0.2, 0.25) is 0 Å². The van der Waals surface area contributed by atoms with Gasteiger partial charge in [0.25, 0.3) is 5.56 Å². The van der Waals surface area contributed by atoms with Crippen molar-refractivity contribution in [3.63, 3.8) is 0 Å². The van der Waals surface area contributed by atoms with Crippen LogP contribution in [0.1, 0.15) is 30.2 Å². The summed E-state index contributed by atoms with van der Waals surface area (Å²) < 4.78 is 0. The minimum atomic E-state index is -0.714. The summed E-state index contributed by atoms with van der Waals surface area (Å²) >= 11 is 0. The van der Waals surface area contributed by atoms with Crippen LogP contribution in [0.3, 0.4) is 0 Å². The monoisotopic (exact) mass is 355 g/mol. The SMILES string of the molecule is O=c1ccc(C(O)CN2C[C@@H]3C[C@](O)(Cc4ccccc4)C[C@@H]3C2)n[nH]1. The molecule has 0 amide bonds. The maximum absolute atomic E-state index is 11.1. The van der Waals surface area contributed by atoms with Gasteiger partial charge in [0.15, 0.2) is 0 Å². The van der Waals surface area contributed by atoms with Crippen molar-refractivity contribution in [2.75, 3.05) is 19.6 Å². The van der Waals surface area contributed by atoms with Crippen LogP contribution in [-0.2, 0) is 6.42 Å². The zero-order valence-corrected chi connectivity index (χ0v) is 14.7. The largest absolute Gasteiger partial charge is 0.390 e. The van der Waals surface area contributed by atoms with Crippen LogP contribution >= 0.6 is 0 Å². The Balaban J connectivity index is 1.33.